The van der Waals surface area contributed by atoms with Crippen molar-refractivity contribution >= 4 is 10.0 Å². The molecule has 0 aliphatic carbocycles. The summed E-state index contributed by atoms with van der Waals surface area (Å²) in [4.78, 5) is 0.295. The van der Waals surface area contributed by atoms with Crippen LogP contribution < -0.4 is 0 Å². The van der Waals surface area contributed by atoms with E-state index in [1.54, 1.807) is 18.2 Å². The monoisotopic (exact) mass is 309 g/mol. The van der Waals surface area contributed by atoms with E-state index < -0.39 is 10.0 Å². The summed E-state index contributed by atoms with van der Waals surface area (Å²) in [6.45, 7) is 7.87. The maximum atomic E-state index is 12.6. The zero-order valence-corrected chi connectivity index (χ0v) is 13.9. The Morgan fingerprint density at radius 3 is 2.48 bits per heavy atom. The summed E-state index contributed by atoms with van der Waals surface area (Å²) < 4.78 is 26.6. The number of hydrogen-bond acceptors (Lipinski definition) is 3. The van der Waals surface area contributed by atoms with Crippen molar-refractivity contribution in [2.24, 2.45) is 0 Å². The number of hydrogen-bond donors (Lipinski definition) is 1. The summed E-state index contributed by atoms with van der Waals surface area (Å²) in [5.41, 5.74) is 1.61. The Bertz CT molecular complexity index is 639. The topological polar surface area (TPSA) is 57.6 Å². The standard InChI is InChI=1S/C16H23NO3S/c1-5-17(13(2)3)21(19,20)16-10-9-15(14(4)12-16)8-6-7-11-18/h9-10,12-13,18H,5,7,11H2,1-4H3. The number of aliphatic hydroxyl groups excluding tert-OH is 1. The molecule has 0 saturated heterocycles. The van der Waals surface area contributed by atoms with Crippen LogP contribution in [0.15, 0.2) is 23.1 Å². The quantitative estimate of drug-likeness (QED) is 0.848. The van der Waals surface area contributed by atoms with Gasteiger partial charge in [-0.15, -0.1) is 0 Å². The number of rotatable bonds is 5. The van der Waals surface area contributed by atoms with Crippen LogP contribution in [0, 0.1) is 18.8 Å². The van der Waals surface area contributed by atoms with E-state index in [2.05, 4.69) is 11.8 Å². The lowest BCUT2D eigenvalue weighted by Gasteiger charge is -2.24. The first-order chi connectivity index (χ1) is 9.84. The lowest BCUT2D eigenvalue weighted by Crippen LogP contribution is -2.36. The molecule has 1 N–H and O–H groups in total. The fourth-order valence-electron chi connectivity index (χ4n) is 2.10. The van der Waals surface area contributed by atoms with E-state index in [1.165, 1.54) is 4.31 Å². The Kier molecular flexibility index (Phi) is 6.41. The van der Waals surface area contributed by atoms with Crippen LogP contribution in [0.2, 0.25) is 0 Å². The lowest BCUT2D eigenvalue weighted by atomic mass is 10.1. The normalized spacial score (nSPS) is 11.6. The smallest absolute Gasteiger partial charge is 0.243 e. The minimum Gasteiger partial charge on any atom is -0.395 e. The van der Waals surface area contributed by atoms with Gasteiger partial charge in [0.2, 0.25) is 10.0 Å². The molecule has 116 valence electrons. The first kappa shape index (κ1) is 17.7. The molecule has 0 fully saturated rings. The van der Waals surface area contributed by atoms with Crippen LogP contribution in [-0.2, 0) is 10.0 Å². The lowest BCUT2D eigenvalue weighted by molar-refractivity contribution is 0.305. The van der Waals surface area contributed by atoms with Gasteiger partial charge in [0.15, 0.2) is 0 Å². The number of benzene rings is 1. The van der Waals surface area contributed by atoms with E-state index in [1.807, 2.05) is 27.7 Å². The molecule has 0 aliphatic rings. The molecule has 21 heavy (non-hydrogen) atoms. The van der Waals surface area contributed by atoms with Crippen molar-refractivity contribution in [2.45, 2.75) is 45.1 Å². The van der Waals surface area contributed by atoms with E-state index in [0.29, 0.717) is 17.9 Å². The third-order valence-corrected chi connectivity index (χ3v) is 5.30. The van der Waals surface area contributed by atoms with Crippen molar-refractivity contribution in [3.8, 4) is 11.8 Å². The van der Waals surface area contributed by atoms with E-state index in [4.69, 9.17) is 5.11 Å². The fourth-order valence-corrected chi connectivity index (χ4v) is 3.83. The molecule has 0 aromatic heterocycles. The molecule has 0 spiro atoms. The number of aryl methyl sites for hydroxylation is 1. The SMILES string of the molecule is CCN(C(C)C)S(=O)(=O)c1ccc(C#CCCO)c(C)c1. The summed E-state index contributed by atoms with van der Waals surface area (Å²) in [6.07, 6.45) is 0.413. The van der Waals surface area contributed by atoms with Crippen LogP contribution in [0.5, 0.6) is 0 Å². The van der Waals surface area contributed by atoms with Crippen molar-refractivity contribution in [3.63, 3.8) is 0 Å². The summed E-state index contributed by atoms with van der Waals surface area (Å²) in [7, 11) is -3.47. The van der Waals surface area contributed by atoms with Crippen molar-refractivity contribution in [3.05, 3.63) is 29.3 Å². The van der Waals surface area contributed by atoms with Crippen LogP contribution in [0.4, 0.5) is 0 Å². The van der Waals surface area contributed by atoms with Gasteiger partial charge in [0.05, 0.1) is 11.5 Å². The summed E-state index contributed by atoms with van der Waals surface area (Å²) in [5, 5.41) is 8.72. The Balaban J connectivity index is 3.17. The van der Waals surface area contributed by atoms with Gasteiger partial charge < -0.3 is 5.11 Å². The zero-order valence-electron chi connectivity index (χ0n) is 13.0. The summed E-state index contributed by atoms with van der Waals surface area (Å²) in [5.74, 6) is 5.78. The van der Waals surface area contributed by atoms with Gasteiger partial charge >= 0.3 is 0 Å². The second-order valence-corrected chi connectivity index (χ2v) is 6.94. The third kappa shape index (κ3) is 4.31. The molecule has 0 atom stereocenters. The number of sulfonamides is 1. The zero-order chi connectivity index (χ0) is 16.0. The van der Waals surface area contributed by atoms with Crippen molar-refractivity contribution in [1.29, 1.82) is 0 Å². The largest absolute Gasteiger partial charge is 0.395 e. The molecule has 5 heteroatoms. The Hall–Kier alpha value is -1.35. The molecule has 0 saturated carbocycles. The van der Waals surface area contributed by atoms with Gasteiger partial charge in [-0.1, -0.05) is 18.8 Å². The van der Waals surface area contributed by atoms with Gasteiger partial charge in [0, 0.05) is 24.6 Å². The Labute approximate surface area is 127 Å². The van der Waals surface area contributed by atoms with E-state index in [9.17, 15) is 8.42 Å². The fraction of sp³-hybridized carbons (Fsp3) is 0.500. The molecule has 1 aromatic carbocycles. The first-order valence-corrected chi connectivity index (χ1v) is 8.50. The van der Waals surface area contributed by atoms with E-state index >= 15 is 0 Å². The van der Waals surface area contributed by atoms with Gasteiger partial charge in [-0.2, -0.15) is 4.31 Å². The molecule has 0 unspecified atom stereocenters. The van der Waals surface area contributed by atoms with E-state index in [0.717, 1.165) is 11.1 Å². The Morgan fingerprint density at radius 2 is 2.00 bits per heavy atom. The first-order valence-electron chi connectivity index (χ1n) is 7.06. The van der Waals surface area contributed by atoms with Gasteiger partial charge in [-0.3, -0.25) is 0 Å². The summed E-state index contributed by atoms with van der Waals surface area (Å²) >= 11 is 0. The molecule has 0 amide bonds. The molecule has 0 aliphatic heterocycles. The highest BCUT2D eigenvalue weighted by Crippen LogP contribution is 2.20. The minimum atomic E-state index is -3.47. The van der Waals surface area contributed by atoms with Crippen LogP contribution in [0.25, 0.3) is 0 Å². The molecule has 1 aromatic rings. The molecular weight excluding hydrogens is 286 g/mol. The third-order valence-electron chi connectivity index (χ3n) is 3.15. The van der Waals surface area contributed by atoms with Crippen LogP contribution >= 0.6 is 0 Å². The molecule has 1 rings (SSSR count). The highest BCUT2D eigenvalue weighted by Gasteiger charge is 2.25. The minimum absolute atomic E-state index is 0.0261. The predicted octanol–water partition coefficient (Wildman–Crippen LogP) is 2.15. The average molecular weight is 309 g/mol. The van der Waals surface area contributed by atoms with E-state index in [-0.39, 0.29) is 12.6 Å². The predicted molar refractivity (Wildman–Crippen MR) is 84.5 cm³/mol. The van der Waals surface area contributed by atoms with Crippen LogP contribution in [0.3, 0.4) is 0 Å². The number of aliphatic hydroxyl groups is 1. The average Bonchev–Trinajstić information content (AvgIpc) is 2.40. The van der Waals surface area contributed by atoms with Crippen molar-refractivity contribution < 1.29 is 13.5 Å². The molecule has 0 heterocycles. The second-order valence-electron chi connectivity index (χ2n) is 5.05. The second kappa shape index (κ2) is 7.60. The van der Waals surface area contributed by atoms with Crippen molar-refractivity contribution in [2.75, 3.05) is 13.2 Å². The molecule has 0 radical (unpaired) electrons. The van der Waals surface area contributed by atoms with Gasteiger partial charge in [0.1, 0.15) is 0 Å². The Morgan fingerprint density at radius 1 is 1.33 bits per heavy atom. The van der Waals surface area contributed by atoms with Gasteiger partial charge in [0.25, 0.3) is 0 Å². The maximum absolute atomic E-state index is 12.6. The van der Waals surface area contributed by atoms with Crippen LogP contribution in [0.1, 0.15) is 38.3 Å². The molecule has 0 bridgehead atoms. The van der Waals surface area contributed by atoms with Gasteiger partial charge in [-0.05, 0) is 44.5 Å². The highest BCUT2D eigenvalue weighted by molar-refractivity contribution is 7.89. The highest BCUT2D eigenvalue weighted by atomic mass is 32.2. The van der Waals surface area contributed by atoms with Gasteiger partial charge in [-0.25, -0.2) is 8.42 Å². The molecule has 4 nitrogen and oxygen atoms in total. The maximum Gasteiger partial charge on any atom is 0.243 e. The number of nitrogens with zero attached hydrogens (tertiary/aromatic N) is 1. The van der Waals surface area contributed by atoms with Crippen LogP contribution in [-0.4, -0.2) is 37.0 Å². The molecular formula is C16H23NO3S. The summed E-state index contributed by atoms with van der Waals surface area (Å²) in [6, 6.07) is 4.89. The van der Waals surface area contributed by atoms with Crippen molar-refractivity contribution in [1.82, 2.24) is 4.31 Å².